The smallest absolute Gasteiger partial charge is 0.269 e. The summed E-state index contributed by atoms with van der Waals surface area (Å²) in [6.45, 7) is 6.45. The summed E-state index contributed by atoms with van der Waals surface area (Å²) < 4.78 is 98.9. The Morgan fingerprint density at radius 2 is 1.39 bits per heavy atom. The van der Waals surface area contributed by atoms with Crippen LogP contribution < -0.4 is 9.30 Å². The van der Waals surface area contributed by atoms with Crippen molar-refractivity contribution in [3.8, 4) is 57.0 Å². The summed E-state index contributed by atoms with van der Waals surface area (Å²) in [5.74, 6) is 1.73. The van der Waals surface area contributed by atoms with Crippen LogP contribution in [0.4, 0.5) is 0 Å². The predicted octanol–water partition coefficient (Wildman–Crippen LogP) is 12.5. The van der Waals surface area contributed by atoms with Gasteiger partial charge in [0.15, 0.2) is 0 Å². The molecule has 10 rings (SSSR count). The van der Waals surface area contributed by atoms with Gasteiger partial charge in [0.1, 0.15) is 17.3 Å². The van der Waals surface area contributed by atoms with Gasteiger partial charge in [-0.3, -0.25) is 13.7 Å². The Kier molecular flexibility index (Phi) is 6.37. The third kappa shape index (κ3) is 6.40. The standard InChI is InChI=1S/C53H39N5O/c1-53(2,3)39-28-29-55-51(31-39)58-47-27-24-36(34-54)30-46(47)45-26-25-42(33-50(45)58)59-41-19-12-18-40(32-41)56-35-57(49-23-11-10-22-48(49)56)52-43(37-14-6-4-7-15-37)20-13-21-44(52)38-16-8-5-9-17-38/h4-33H,1-3H3/i4D,5D,6D,7D,8D,9D,14D,15D,16D,17D. The molecule has 3 aromatic heterocycles. The summed E-state index contributed by atoms with van der Waals surface area (Å²) in [5.41, 5.74) is 5.18. The number of benzene rings is 7. The number of aromatic nitrogens is 4. The summed E-state index contributed by atoms with van der Waals surface area (Å²) in [7, 11) is 0. The van der Waals surface area contributed by atoms with Gasteiger partial charge in [0.05, 0.1) is 58.8 Å². The molecular weight excluding hydrogens is 723 g/mol. The highest BCUT2D eigenvalue weighted by molar-refractivity contribution is 6.10. The van der Waals surface area contributed by atoms with Crippen LogP contribution in [0.25, 0.3) is 72.3 Å². The number of hydrogen-bond donors (Lipinski definition) is 0. The topological polar surface area (TPSA) is 59.6 Å². The van der Waals surface area contributed by atoms with E-state index in [4.69, 9.17) is 23.4 Å². The van der Waals surface area contributed by atoms with Crippen molar-refractivity contribution in [3.63, 3.8) is 0 Å². The number of ether oxygens (including phenoxy) is 1. The van der Waals surface area contributed by atoms with Crippen molar-refractivity contribution < 1.29 is 23.0 Å². The van der Waals surface area contributed by atoms with Gasteiger partial charge in [-0.15, -0.1) is 0 Å². The third-order valence-corrected chi connectivity index (χ3v) is 10.4. The highest BCUT2D eigenvalue weighted by Gasteiger charge is 2.21. The van der Waals surface area contributed by atoms with Gasteiger partial charge >= 0.3 is 0 Å². The summed E-state index contributed by atoms with van der Waals surface area (Å²) in [6.07, 6.45) is 5.23. The van der Waals surface area contributed by atoms with Crippen LogP contribution in [0.1, 0.15) is 45.6 Å². The van der Waals surface area contributed by atoms with E-state index in [2.05, 4.69) is 43.8 Å². The molecule has 0 saturated carbocycles. The maximum absolute atomic E-state index is 9.80. The molecule has 0 fully saturated rings. The number of pyridine rings is 1. The fourth-order valence-corrected chi connectivity index (χ4v) is 7.58. The van der Waals surface area contributed by atoms with E-state index in [1.54, 1.807) is 45.7 Å². The highest BCUT2D eigenvalue weighted by Crippen LogP contribution is 2.38. The van der Waals surface area contributed by atoms with Crippen LogP contribution >= 0.6 is 0 Å². The summed E-state index contributed by atoms with van der Waals surface area (Å²) in [6, 6.07) is 31.9. The fraction of sp³-hybridized carbons (Fsp3) is 0.0755. The normalized spacial score (nSPS) is 14.0. The van der Waals surface area contributed by atoms with Gasteiger partial charge in [-0.2, -0.15) is 5.26 Å². The van der Waals surface area contributed by atoms with Crippen LogP contribution in [0.15, 0.2) is 182 Å². The van der Waals surface area contributed by atoms with Crippen LogP contribution in [0.3, 0.4) is 0 Å². The summed E-state index contributed by atoms with van der Waals surface area (Å²) >= 11 is 0. The van der Waals surface area contributed by atoms with Crippen LogP contribution in [-0.4, -0.2) is 14.1 Å². The van der Waals surface area contributed by atoms with Gasteiger partial charge in [0.2, 0.25) is 0 Å². The molecule has 6 heteroatoms. The quantitative estimate of drug-likeness (QED) is 0.120. The maximum Gasteiger partial charge on any atom is 0.269 e. The lowest BCUT2D eigenvalue weighted by atomic mass is 9.88. The lowest BCUT2D eigenvalue weighted by molar-refractivity contribution is -0.571. The minimum atomic E-state index is -0.575. The van der Waals surface area contributed by atoms with Crippen LogP contribution in [-0.2, 0) is 5.41 Å². The van der Waals surface area contributed by atoms with Crippen molar-refractivity contribution in [1.82, 2.24) is 14.1 Å². The van der Waals surface area contributed by atoms with E-state index in [1.165, 1.54) is 0 Å². The molecule has 0 atom stereocenters. The van der Waals surface area contributed by atoms with Crippen molar-refractivity contribution in [2.75, 3.05) is 0 Å². The molecule has 0 saturated heterocycles. The number of para-hydroxylation sites is 3. The zero-order valence-electron chi connectivity index (χ0n) is 42.2. The zero-order valence-corrected chi connectivity index (χ0v) is 32.2. The molecular formula is C53H39N5O. The Labute approximate surface area is 357 Å². The van der Waals surface area contributed by atoms with Gasteiger partial charge in [-0.05, 0) is 93.9 Å². The summed E-state index contributed by atoms with van der Waals surface area (Å²) in [4.78, 5) is 4.79. The van der Waals surface area contributed by atoms with E-state index in [9.17, 15) is 5.26 Å². The van der Waals surface area contributed by atoms with Gasteiger partial charge in [0.25, 0.3) is 6.33 Å². The first-order valence-corrected chi connectivity index (χ1v) is 18.9. The van der Waals surface area contributed by atoms with Crippen molar-refractivity contribution in [1.29, 1.82) is 5.26 Å². The first-order valence-electron chi connectivity index (χ1n) is 23.9. The van der Waals surface area contributed by atoms with E-state index >= 15 is 0 Å². The van der Waals surface area contributed by atoms with Crippen LogP contribution in [0.2, 0.25) is 0 Å². The molecule has 7 aromatic carbocycles. The molecule has 6 nitrogen and oxygen atoms in total. The lowest BCUT2D eigenvalue weighted by Gasteiger charge is -2.20. The Morgan fingerprint density at radius 3 is 2.12 bits per heavy atom. The Balaban J connectivity index is 1.15. The Morgan fingerprint density at radius 1 is 0.678 bits per heavy atom. The predicted molar refractivity (Wildman–Crippen MR) is 237 cm³/mol. The fourth-order valence-electron chi connectivity index (χ4n) is 7.58. The van der Waals surface area contributed by atoms with E-state index < -0.39 is 60.4 Å². The average Bonchev–Trinajstić information content (AvgIpc) is 3.89. The zero-order chi connectivity index (χ0) is 48.8. The van der Waals surface area contributed by atoms with E-state index in [0.29, 0.717) is 33.8 Å². The molecule has 0 bridgehead atoms. The molecule has 0 unspecified atom stereocenters. The molecule has 0 amide bonds. The minimum absolute atomic E-state index is 0.133. The second-order valence-electron chi connectivity index (χ2n) is 15.1. The van der Waals surface area contributed by atoms with Gasteiger partial charge < -0.3 is 4.74 Å². The number of rotatable bonds is 7. The van der Waals surface area contributed by atoms with Crippen LogP contribution in [0, 0.1) is 17.7 Å². The molecule has 0 radical (unpaired) electrons. The third-order valence-electron chi connectivity index (χ3n) is 10.4. The highest BCUT2D eigenvalue weighted by atomic mass is 16.5. The number of hydrogen-bond acceptors (Lipinski definition) is 3. The Hall–Kier alpha value is -7.75. The van der Waals surface area contributed by atoms with Crippen molar-refractivity contribution >= 4 is 32.8 Å². The number of nitriles is 1. The largest absolute Gasteiger partial charge is 0.458 e. The molecule has 0 N–H and O–H groups in total. The SMILES string of the molecule is [2H]c1c([2H])c([2H])c(-c2cccc(-c3c([2H])c([2H])c([2H])c([2H])c3[2H])c2-[n+]2[c-]n(-c3cccc(Oc4ccc5c6cc(C#N)ccc6n(-c6cc(C(C)(C)C)ccn6)c5c4)c3)c3ccccc32)c([2H])c1[2H]. The lowest BCUT2D eigenvalue weighted by Crippen LogP contribution is -2.31. The second-order valence-corrected chi connectivity index (χ2v) is 15.1. The summed E-state index contributed by atoms with van der Waals surface area (Å²) in [5, 5.41) is 11.6. The second kappa shape index (κ2) is 14.3. The molecule has 0 spiro atoms. The van der Waals surface area contributed by atoms with Gasteiger partial charge in [-0.1, -0.05) is 130 Å². The van der Waals surface area contributed by atoms with Crippen molar-refractivity contribution in [2.45, 2.75) is 26.2 Å². The molecule has 0 aliphatic rings. The van der Waals surface area contributed by atoms with E-state index in [-0.39, 0.29) is 33.4 Å². The minimum Gasteiger partial charge on any atom is -0.458 e. The van der Waals surface area contributed by atoms with Crippen molar-refractivity contribution in [2.24, 2.45) is 0 Å². The first-order chi connectivity index (χ1) is 33.0. The molecule has 0 aliphatic carbocycles. The van der Waals surface area contributed by atoms with Gasteiger partial charge in [0, 0.05) is 23.0 Å². The molecule has 59 heavy (non-hydrogen) atoms. The van der Waals surface area contributed by atoms with Crippen LogP contribution in [0.5, 0.6) is 11.5 Å². The van der Waals surface area contributed by atoms with E-state index in [1.807, 2.05) is 78.9 Å². The molecule has 3 heterocycles. The first kappa shape index (κ1) is 26.2. The Bertz CT molecular complexity index is 3700. The van der Waals surface area contributed by atoms with E-state index in [0.717, 1.165) is 33.2 Å². The van der Waals surface area contributed by atoms with Crippen molar-refractivity contribution in [3.05, 3.63) is 199 Å². The number of nitrogens with zero attached hydrogens (tertiary/aromatic N) is 5. The number of fused-ring (bicyclic) bond motifs is 4. The average molecular weight is 772 g/mol. The monoisotopic (exact) mass is 771 g/mol. The number of imidazole rings is 1. The molecule has 282 valence electrons. The molecule has 0 aliphatic heterocycles. The molecule has 10 aromatic rings. The maximum atomic E-state index is 9.80. The van der Waals surface area contributed by atoms with Gasteiger partial charge in [-0.25, -0.2) is 4.98 Å².